The van der Waals surface area contributed by atoms with E-state index < -0.39 is 0 Å². The summed E-state index contributed by atoms with van der Waals surface area (Å²) in [6.45, 7) is 5.74. The molecule has 2 rings (SSSR count). The number of benzene rings is 1. The van der Waals surface area contributed by atoms with Crippen LogP contribution in [0.4, 0.5) is 0 Å². The molecule has 0 radical (unpaired) electrons. The minimum atomic E-state index is 0.647. The Balaban J connectivity index is 2.06. The van der Waals surface area contributed by atoms with E-state index in [1.165, 1.54) is 5.56 Å². The van der Waals surface area contributed by atoms with Crippen molar-refractivity contribution in [3.63, 3.8) is 0 Å². The summed E-state index contributed by atoms with van der Waals surface area (Å²) < 4.78 is 5.74. The molecule has 2 aromatic rings. The number of ether oxygens (including phenoxy) is 1. The summed E-state index contributed by atoms with van der Waals surface area (Å²) >= 11 is 7.36. The Labute approximate surface area is 110 Å². The van der Waals surface area contributed by atoms with E-state index in [0.717, 1.165) is 15.7 Å². The van der Waals surface area contributed by atoms with Gasteiger partial charge in [0.2, 0.25) is 0 Å². The van der Waals surface area contributed by atoms with Gasteiger partial charge in [0.1, 0.15) is 5.75 Å². The fourth-order valence-corrected chi connectivity index (χ4v) is 2.56. The van der Waals surface area contributed by atoms with Gasteiger partial charge in [-0.2, -0.15) is 0 Å². The van der Waals surface area contributed by atoms with Crippen molar-refractivity contribution >= 4 is 22.9 Å². The monoisotopic (exact) mass is 264 g/mol. The average molecular weight is 265 g/mol. The third-order valence-corrected chi connectivity index (χ3v) is 3.34. The smallest absolute Gasteiger partial charge is 0.181 e. The van der Waals surface area contributed by atoms with Crippen LogP contribution in [0.15, 0.2) is 48.0 Å². The van der Waals surface area contributed by atoms with Crippen LogP contribution in [0.25, 0.3) is 0 Å². The van der Waals surface area contributed by atoms with Gasteiger partial charge < -0.3 is 4.74 Å². The summed E-state index contributed by atoms with van der Waals surface area (Å²) in [4.78, 5) is 1.16. The molecule has 3 heteroatoms. The second-order valence-electron chi connectivity index (χ2n) is 3.83. The zero-order valence-electron chi connectivity index (χ0n) is 9.57. The molecule has 1 aromatic heterocycles. The lowest BCUT2D eigenvalue weighted by molar-refractivity contribution is 0.496. The van der Waals surface area contributed by atoms with Crippen LogP contribution in [0, 0.1) is 6.92 Å². The molecule has 88 valence electrons. The van der Waals surface area contributed by atoms with E-state index in [-0.39, 0.29) is 0 Å². The summed E-state index contributed by atoms with van der Waals surface area (Å²) in [5.74, 6) is 0.855. The highest BCUT2D eigenvalue weighted by molar-refractivity contribution is 7.13. The van der Waals surface area contributed by atoms with Crippen LogP contribution in [0.2, 0.25) is 0 Å². The summed E-state index contributed by atoms with van der Waals surface area (Å²) in [7, 11) is 0. The molecule has 0 bridgehead atoms. The molecule has 0 saturated carbocycles. The molecule has 0 aliphatic rings. The molecular formula is C14H13ClOS. The molecule has 0 fully saturated rings. The van der Waals surface area contributed by atoms with Crippen LogP contribution < -0.4 is 4.74 Å². The third-order valence-electron chi connectivity index (χ3n) is 2.24. The highest BCUT2D eigenvalue weighted by Gasteiger charge is 2.03. The lowest BCUT2D eigenvalue weighted by atomic mass is 10.2. The minimum absolute atomic E-state index is 0.647. The normalized spacial score (nSPS) is 10.2. The highest BCUT2D eigenvalue weighted by atomic mass is 35.5. The quantitative estimate of drug-likeness (QED) is 0.743. The van der Waals surface area contributed by atoms with Crippen molar-refractivity contribution in [2.45, 2.75) is 13.3 Å². The topological polar surface area (TPSA) is 9.23 Å². The first-order valence-corrected chi connectivity index (χ1v) is 6.49. The van der Waals surface area contributed by atoms with Crippen molar-refractivity contribution in [1.82, 2.24) is 0 Å². The Morgan fingerprint density at radius 3 is 2.59 bits per heavy atom. The van der Waals surface area contributed by atoms with Crippen molar-refractivity contribution < 1.29 is 4.74 Å². The lowest BCUT2D eigenvalue weighted by Crippen LogP contribution is -1.80. The fraction of sp³-hybridized carbons (Fsp3) is 0.143. The number of allylic oxidation sites excluding steroid dienone is 1. The van der Waals surface area contributed by atoms with Gasteiger partial charge in [0.05, 0.1) is 0 Å². The zero-order chi connectivity index (χ0) is 12.3. The van der Waals surface area contributed by atoms with Gasteiger partial charge in [-0.1, -0.05) is 35.9 Å². The van der Waals surface area contributed by atoms with Crippen LogP contribution in [0.1, 0.15) is 10.4 Å². The molecule has 17 heavy (non-hydrogen) atoms. The zero-order valence-corrected chi connectivity index (χ0v) is 11.1. The van der Waals surface area contributed by atoms with Gasteiger partial charge in [-0.3, -0.25) is 0 Å². The number of rotatable bonds is 4. The average Bonchev–Trinajstić information content (AvgIpc) is 2.68. The molecule has 0 aliphatic heterocycles. The second-order valence-corrected chi connectivity index (χ2v) is 5.50. The van der Waals surface area contributed by atoms with E-state index in [2.05, 4.69) is 13.5 Å². The molecule has 0 unspecified atom stereocenters. The van der Waals surface area contributed by atoms with Crippen molar-refractivity contribution in [3.05, 3.63) is 58.5 Å². The Bertz CT molecular complexity index is 513. The van der Waals surface area contributed by atoms with Crippen molar-refractivity contribution in [1.29, 1.82) is 0 Å². The number of aryl methyl sites for hydroxylation is 1. The number of halogens is 1. The number of thiophene rings is 1. The molecule has 1 nitrogen and oxygen atoms in total. The first-order valence-electron chi connectivity index (χ1n) is 5.30. The maximum absolute atomic E-state index is 5.77. The first-order chi connectivity index (χ1) is 8.13. The third kappa shape index (κ3) is 3.62. The van der Waals surface area contributed by atoms with Crippen molar-refractivity contribution in [2.75, 3.05) is 0 Å². The molecule has 0 amide bonds. The maximum atomic E-state index is 5.77. The molecule has 0 spiro atoms. The van der Waals surface area contributed by atoms with Crippen LogP contribution in [0.3, 0.4) is 0 Å². The van der Waals surface area contributed by atoms with Gasteiger partial charge >= 0.3 is 0 Å². The van der Waals surface area contributed by atoms with Crippen LogP contribution in [-0.4, -0.2) is 0 Å². The van der Waals surface area contributed by atoms with E-state index >= 15 is 0 Å². The predicted octanol–water partition coefficient (Wildman–Crippen LogP) is 5.14. The van der Waals surface area contributed by atoms with Crippen LogP contribution >= 0.6 is 22.9 Å². The largest absolute Gasteiger partial charge is 0.447 e. The van der Waals surface area contributed by atoms with Gasteiger partial charge in [0.25, 0.3) is 0 Å². The Morgan fingerprint density at radius 2 is 1.94 bits per heavy atom. The van der Waals surface area contributed by atoms with Gasteiger partial charge in [0, 0.05) is 16.3 Å². The predicted molar refractivity (Wildman–Crippen MR) is 74.3 cm³/mol. The molecule has 0 saturated heterocycles. The van der Waals surface area contributed by atoms with E-state index in [1.807, 2.05) is 36.4 Å². The number of hydrogen-bond acceptors (Lipinski definition) is 2. The molecule has 0 N–H and O–H groups in total. The molecule has 1 aromatic carbocycles. The number of hydrogen-bond donors (Lipinski definition) is 0. The van der Waals surface area contributed by atoms with E-state index in [0.29, 0.717) is 11.5 Å². The van der Waals surface area contributed by atoms with Gasteiger partial charge in [0.15, 0.2) is 5.06 Å². The SMILES string of the molecule is C=C(Cl)Cc1ccc(Oc2ccc(C)cc2)s1. The summed E-state index contributed by atoms with van der Waals surface area (Å²) in [5.41, 5.74) is 1.22. The Kier molecular flexibility index (Phi) is 3.87. The molecule has 0 aliphatic carbocycles. The maximum Gasteiger partial charge on any atom is 0.181 e. The summed E-state index contributed by atoms with van der Waals surface area (Å²) in [5, 5.41) is 1.52. The Hall–Kier alpha value is -1.25. The summed E-state index contributed by atoms with van der Waals surface area (Å²) in [6, 6.07) is 12.0. The van der Waals surface area contributed by atoms with Crippen LogP contribution in [-0.2, 0) is 6.42 Å². The molecular weight excluding hydrogens is 252 g/mol. The summed E-state index contributed by atoms with van der Waals surface area (Å²) in [6.07, 6.45) is 0.698. The standard InChI is InChI=1S/C14H13ClOS/c1-10-3-5-12(6-4-10)16-14-8-7-13(17-14)9-11(2)15/h3-8H,2,9H2,1H3. The van der Waals surface area contributed by atoms with Gasteiger partial charge in [-0.05, 0) is 31.2 Å². The Morgan fingerprint density at radius 1 is 1.24 bits per heavy atom. The van der Waals surface area contributed by atoms with Gasteiger partial charge in [-0.25, -0.2) is 0 Å². The molecule has 0 atom stereocenters. The van der Waals surface area contributed by atoms with E-state index in [9.17, 15) is 0 Å². The van der Waals surface area contributed by atoms with Crippen LogP contribution in [0.5, 0.6) is 10.8 Å². The first kappa shape index (κ1) is 12.2. The van der Waals surface area contributed by atoms with Gasteiger partial charge in [-0.15, -0.1) is 11.3 Å². The van der Waals surface area contributed by atoms with E-state index in [4.69, 9.17) is 16.3 Å². The minimum Gasteiger partial charge on any atom is -0.447 e. The van der Waals surface area contributed by atoms with Crippen molar-refractivity contribution in [2.24, 2.45) is 0 Å². The van der Waals surface area contributed by atoms with E-state index in [1.54, 1.807) is 11.3 Å². The highest BCUT2D eigenvalue weighted by Crippen LogP contribution is 2.30. The second kappa shape index (κ2) is 5.39. The molecule has 1 heterocycles. The van der Waals surface area contributed by atoms with Crippen molar-refractivity contribution in [3.8, 4) is 10.8 Å². The fourth-order valence-electron chi connectivity index (χ4n) is 1.42. The lowest BCUT2D eigenvalue weighted by Gasteiger charge is -2.02.